The molecule has 0 aromatic heterocycles. The highest BCUT2D eigenvalue weighted by atomic mass is 16.2. The fourth-order valence-electron chi connectivity index (χ4n) is 2.93. The van der Waals surface area contributed by atoms with E-state index in [4.69, 9.17) is 0 Å². The van der Waals surface area contributed by atoms with Gasteiger partial charge in [-0.3, -0.25) is 19.3 Å². The van der Waals surface area contributed by atoms with Crippen LogP contribution < -0.4 is 5.32 Å². The van der Waals surface area contributed by atoms with Gasteiger partial charge in [-0.15, -0.1) is 0 Å². The monoisotopic (exact) mass is 322 g/mol. The Morgan fingerprint density at radius 2 is 1.71 bits per heavy atom. The third-order valence-electron chi connectivity index (χ3n) is 4.28. The number of rotatable bonds is 4. The van der Waals surface area contributed by atoms with Gasteiger partial charge < -0.3 is 5.32 Å². The number of carbonyl (C=O) groups excluding carboxylic acids is 3. The zero-order chi connectivity index (χ0) is 17.3. The molecule has 0 bridgehead atoms. The highest BCUT2D eigenvalue weighted by Crippen LogP contribution is 2.26. The molecule has 0 aliphatic carbocycles. The number of nitrogens with zero attached hydrogens (tertiary/aromatic N) is 1. The Labute approximate surface area is 140 Å². The van der Waals surface area contributed by atoms with Crippen molar-refractivity contribution < 1.29 is 14.4 Å². The fraction of sp³-hybridized carbons (Fsp3) is 0.211. The Morgan fingerprint density at radius 3 is 2.38 bits per heavy atom. The highest BCUT2D eigenvalue weighted by molar-refractivity contribution is 6.21. The number of benzene rings is 2. The summed E-state index contributed by atoms with van der Waals surface area (Å²) in [5, 5.41) is 2.85. The van der Waals surface area contributed by atoms with Crippen LogP contribution in [0.5, 0.6) is 0 Å². The zero-order valence-electron chi connectivity index (χ0n) is 13.6. The van der Waals surface area contributed by atoms with E-state index in [2.05, 4.69) is 5.32 Å². The molecule has 3 amide bonds. The van der Waals surface area contributed by atoms with E-state index in [0.717, 1.165) is 10.5 Å². The Bertz CT molecular complexity index is 815. The maximum atomic E-state index is 12.6. The first-order chi connectivity index (χ1) is 11.5. The predicted molar refractivity (Wildman–Crippen MR) is 91.0 cm³/mol. The molecule has 0 fully saturated rings. The third kappa shape index (κ3) is 2.69. The molecular weight excluding hydrogens is 304 g/mol. The summed E-state index contributed by atoms with van der Waals surface area (Å²) in [7, 11) is 1.45. The second-order valence-electron chi connectivity index (χ2n) is 5.79. The number of imide groups is 1. The van der Waals surface area contributed by atoms with Crippen molar-refractivity contribution in [1.29, 1.82) is 0 Å². The summed E-state index contributed by atoms with van der Waals surface area (Å²) in [4.78, 5) is 37.6. The summed E-state index contributed by atoms with van der Waals surface area (Å²) in [5.74, 6) is -1.06. The van der Waals surface area contributed by atoms with E-state index >= 15 is 0 Å². The van der Waals surface area contributed by atoms with Crippen LogP contribution in [-0.2, 0) is 4.79 Å². The molecule has 24 heavy (non-hydrogen) atoms. The summed E-state index contributed by atoms with van der Waals surface area (Å²) in [6, 6.07) is 14.4. The molecule has 5 nitrogen and oxygen atoms in total. The Kier molecular flexibility index (Phi) is 4.16. The minimum absolute atomic E-state index is 0.131. The molecule has 3 rings (SSSR count). The minimum atomic E-state index is -0.346. The molecule has 2 aromatic rings. The Balaban J connectivity index is 1.83. The molecule has 2 aromatic carbocycles. The number of carbonyl (C=O) groups is 3. The van der Waals surface area contributed by atoms with Crippen molar-refractivity contribution >= 4 is 23.4 Å². The van der Waals surface area contributed by atoms with Crippen molar-refractivity contribution in [2.45, 2.75) is 19.3 Å². The number of amides is 3. The van der Waals surface area contributed by atoms with Gasteiger partial charge in [0.1, 0.15) is 0 Å². The van der Waals surface area contributed by atoms with Gasteiger partial charge in [0.15, 0.2) is 0 Å². The van der Waals surface area contributed by atoms with Crippen LogP contribution in [0.15, 0.2) is 48.5 Å². The molecule has 0 radical (unpaired) electrons. The molecule has 0 unspecified atom stereocenters. The molecule has 0 spiro atoms. The number of fused-ring (bicyclic) bond motifs is 1. The molecule has 1 atom stereocenters. The van der Waals surface area contributed by atoms with E-state index in [1.54, 1.807) is 18.2 Å². The van der Waals surface area contributed by atoms with Gasteiger partial charge in [0.2, 0.25) is 5.91 Å². The van der Waals surface area contributed by atoms with Gasteiger partial charge in [-0.2, -0.15) is 0 Å². The molecule has 0 saturated heterocycles. The normalized spacial score (nSPS) is 14.5. The van der Waals surface area contributed by atoms with Crippen molar-refractivity contribution in [3.05, 3.63) is 65.2 Å². The van der Waals surface area contributed by atoms with E-state index < -0.39 is 0 Å². The first-order valence-electron chi connectivity index (χ1n) is 7.85. The van der Waals surface area contributed by atoms with Gasteiger partial charge in [-0.25, -0.2) is 0 Å². The number of hydrogen-bond acceptors (Lipinski definition) is 3. The van der Waals surface area contributed by atoms with Gasteiger partial charge in [0, 0.05) is 12.7 Å². The van der Waals surface area contributed by atoms with E-state index in [0.29, 0.717) is 23.2 Å². The molecule has 122 valence electrons. The smallest absolute Gasteiger partial charge is 0.261 e. The highest BCUT2D eigenvalue weighted by Gasteiger charge is 2.33. The summed E-state index contributed by atoms with van der Waals surface area (Å²) >= 11 is 0. The molecule has 0 saturated carbocycles. The lowest BCUT2D eigenvalue weighted by Gasteiger charge is -2.15. The lowest BCUT2D eigenvalue weighted by Crippen LogP contribution is -2.24. The summed E-state index contributed by atoms with van der Waals surface area (Å²) in [6.07, 6.45) is 0.668. The van der Waals surface area contributed by atoms with E-state index in [9.17, 15) is 14.4 Å². The maximum Gasteiger partial charge on any atom is 0.261 e. The van der Waals surface area contributed by atoms with Gasteiger partial charge >= 0.3 is 0 Å². The largest absolute Gasteiger partial charge is 0.326 e. The lowest BCUT2D eigenvalue weighted by molar-refractivity contribution is -0.117. The van der Waals surface area contributed by atoms with E-state index in [1.807, 2.05) is 37.3 Å². The molecule has 1 aliphatic heterocycles. The van der Waals surface area contributed by atoms with Crippen LogP contribution in [0.3, 0.4) is 0 Å². The average Bonchev–Trinajstić information content (AvgIpc) is 2.81. The minimum Gasteiger partial charge on any atom is -0.326 e. The predicted octanol–water partition coefficient (Wildman–Crippen LogP) is 3.04. The van der Waals surface area contributed by atoms with Crippen molar-refractivity contribution in [3.8, 4) is 0 Å². The van der Waals surface area contributed by atoms with Gasteiger partial charge in [0.05, 0.1) is 17.0 Å². The number of anilines is 1. The number of nitrogens with one attached hydrogen (secondary N) is 1. The molecule has 1 N–H and O–H groups in total. The van der Waals surface area contributed by atoms with Gasteiger partial charge in [-0.05, 0) is 30.2 Å². The van der Waals surface area contributed by atoms with E-state index in [1.165, 1.54) is 7.05 Å². The Hall–Kier alpha value is -2.95. The lowest BCUT2D eigenvalue weighted by atomic mass is 9.95. The van der Waals surface area contributed by atoms with Crippen LogP contribution in [0.4, 0.5) is 5.69 Å². The molecule has 5 heteroatoms. The quantitative estimate of drug-likeness (QED) is 0.880. The summed E-state index contributed by atoms with van der Waals surface area (Å²) in [6.45, 7) is 1.96. The maximum absolute atomic E-state index is 12.6. The first kappa shape index (κ1) is 15.9. The average molecular weight is 322 g/mol. The second kappa shape index (κ2) is 6.28. The molecule has 1 aliphatic rings. The van der Waals surface area contributed by atoms with Gasteiger partial charge in [0.25, 0.3) is 11.8 Å². The van der Waals surface area contributed by atoms with Crippen molar-refractivity contribution in [3.63, 3.8) is 0 Å². The summed E-state index contributed by atoms with van der Waals surface area (Å²) < 4.78 is 0. The SMILES string of the molecule is CC[C@@H](C(=O)Nc1ccc2c(c1)C(=O)N(C)C2=O)c1ccccc1. The van der Waals surface area contributed by atoms with Crippen molar-refractivity contribution in [2.24, 2.45) is 0 Å². The molecule has 1 heterocycles. The van der Waals surface area contributed by atoms with Crippen LogP contribution in [-0.4, -0.2) is 29.7 Å². The van der Waals surface area contributed by atoms with Crippen LogP contribution in [0.1, 0.15) is 45.5 Å². The van der Waals surface area contributed by atoms with Gasteiger partial charge in [-0.1, -0.05) is 37.3 Å². The zero-order valence-corrected chi connectivity index (χ0v) is 13.6. The van der Waals surface area contributed by atoms with Crippen LogP contribution >= 0.6 is 0 Å². The standard InChI is InChI=1S/C19H18N2O3/c1-3-14(12-7-5-4-6-8-12)17(22)20-13-9-10-15-16(11-13)19(24)21(2)18(15)23/h4-11,14H,3H2,1-2H3,(H,20,22)/t14-/m1/s1. The fourth-order valence-corrected chi connectivity index (χ4v) is 2.93. The van der Waals surface area contributed by atoms with E-state index in [-0.39, 0.29) is 23.6 Å². The topological polar surface area (TPSA) is 66.5 Å². The third-order valence-corrected chi connectivity index (χ3v) is 4.28. The first-order valence-corrected chi connectivity index (χ1v) is 7.85. The number of hydrogen-bond donors (Lipinski definition) is 1. The Morgan fingerprint density at radius 1 is 1.04 bits per heavy atom. The second-order valence-corrected chi connectivity index (χ2v) is 5.79. The van der Waals surface area contributed by atoms with Crippen molar-refractivity contribution in [2.75, 3.05) is 12.4 Å². The van der Waals surface area contributed by atoms with Crippen LogP contribution in [0.25, 0.3) is 0 Å². The van der Waals surface area contributed by atoms with Crippen molar-refractivity contribution in [1.82, 2.24) is 4.90 Å². The van der Waals surface area contributed by atoms with Crippen LogP contribution in [0.2, 0.25) is 0 Å². The molecular formula is C19H18N2O3. The van der Waals surface area contributed by atoms with Crippen LogP contribution in [0, 0.1) is 0 Å². The summed E-state index contributed by atoms with van der Waals surface area (Å²) in [5.41, 5.74) is 2.16.